The summed E-state index contributed by atoms with van der Waals surface area (Å²) in [7, 11) is 0. The number of carbonyl (C=O) groups excluding carboxylic acids is 3. The number of nitrogens with one attached hydrogen (secondary N) is 1. The molecule has 1 aliphatic carbocycles. The van der Waals surface area contributed by atoms with Crippen molar-refractivity contribution >= 4 is 28.5 Å². The maximum absolute atomic E-state index is 14.0. The van der Waals surface area contributed by atoms with Crippen LogP contribution in [-0.2, 0) is 22.7 Å². The number of nitrogens with zero attached hydrogens (tertiary/aromatic N) is 5. The molecule has 0 bridgehead atoms. The van der Waals surface area contributed by atoms with Crippen molar-refractivity contribution in [3.8, 4) is 11.1 Å². The van der Waals surface area contributed by atoms with E-state index in [-0.39, 0.29) is 35.6 Å². The normalized spacial score (nSPS) is 21.2. The van der Waals surface area contributed by atoms with Crippen LogP contribution in [0.2, 0.25) is 0 Å². The Morgan fingerprint density at radius 2 is 1.81 bits per heavy atom. The molecule has 42 heavy (non-hydrogen) atoms. The number of benzene rings is 2. The Morgan fingerprint density at radius 3 is 2.48 bits per heavy atom. The van der Waals surface area contributed by atoms with E-state index in [0.29, 0.717) is 29.9 Å². The van der Waals surface area contributed by atoms with Crippen molar-refractivity contribution in [3.05, 3.63) is 77.0 Å². The Bertz CT molecular complexity index is 1730. The van der Waals surface area contributed by atoms with E-state index in [1.54, 1.807) is 22.0 Å². The second-order valence-corrected chi connectivity index (χ2v) is 12.2. The zero-order chi connectivity index (χ0) is 29.8. The fraction of sp³-hybridized carbons (Fsp3) is 0.394. The van der Waals surface area contributed by atoms with E-state index in [0.717, 1.165) is 46.2 Å². The van der Waals surface area contributed by atoms with Crippen LogP contribution >= 0.6 is 0 Å². The summed E-state index contributed by atoms with van der Waals surface area (Å²) in [6.45, 7) is 9.83. The van der Waals surface area contributed by atoms with Crippen molar-refractivity contribution in [2.75, 3.05) is 0 Å². The highest BCUT2D eigenvalue weighted by Crippen LogP contribution is 2.54. The molecule has 2 aliphatic rings. The Hall–Kier alpha value is -4.40. The third-order valence-corrected chi connectivity index (χ3v) is 9.03. The van der Waals surface area contributed by atoms with Crippen LogP contribution in [0.1, 0.15) is 66.1 Å². The third kappa shape index (κ3) is 4.86. The van der Waals surface area contributed by atoms with Crippen LogP contribution in [-0.4, -0.2) is 54.3 Å². The lowest BCUT2D eigenvalue weighted by Crippen LogP contribution is -2.53. The molecule has 4 aromatic rings. The highest BCUT2D eigenvalue weighted by atomic mass is 16.2. The molecule has 1 saturated carbocycles. The third-order valence-electron chi connectivity index (χ3n) is 9.03. The molecule has 0 unspecified atom stereocenters. The first-order chi connectivity index (χ1) is 20.0. The van der Waals surface area contributed by atoms with Gasteiger partial charge in [-0.1, -0.05) is 36.8 Å². The van der Waals surface area contributed by atoms with Crippen LogP contribution in [0.3, 0.4) is 0 Å². The minimum Gasteiger partial charge on any atom is -0.350 e. The number of aryl methyl sites for hydroxylation is 3. The summed E-state index contributed by atoms with van der Waals surface area (Å²) in [5.74, 6) is 0.216. The van der Waals surface area contributed by atoms with Crippen molar-refractivity contribution in [3.63, 3.8) is 0 Å². The Labute approximate surface area is 245 Å². The van der Waals surface area contributed by atoms with E-state index in [1.807, 2.05) is 51.1 Å². The van der Waals surface area contributed by atoms with E-state index < -0.39 is 6.04 Å². The van der Waals surface area contributed by atoms with Crippen LogP contribution < -0.4 is 5.32 Å². The molecular weight excluding hydrogens is 528 g/mol. The first-order valence-electron chi connectivity index (χ1n) is 14.5. The van der Waals surface area contributed by atoms with Gasteiger partial charge in [0.15, 0.2) is 5.78 Å². The van der Waals surface area contributed by atoms with Gasteiger partial charge in [0.1, 0.15) is 24.1 Å². The van der Waals surface area contributed by atoms with Crippen molar-refractivity contribution in [1.29, 1.82) is 0 Å². The molecule has 3 heterocycles. The molecule has 2 aromatic heterocycles. The van der Waals surface area contributed by atoms with Crippen LogP contribution in [0.15, 0.2) is 48.8 Å². The molecule has 2 fully saturated rings. The molecule has 9 heteroatoms. The van der Waals surface area contributed by atoms with Gasteiger partial charge in [-0.2, -0.15) is 5.10 Å². The van der Waals surface area contributed by atoms with Gasteiger partial charge >= 0.3 is 0 Å². The van der Waals surface area contributed by atoms with Gasteiger partial charge in [-0.25, -0.2) is 9.97 Å². The van der Waals surface area contributed by atoms with Crippen LogP contribution in [0.25, 0.3) is 22.0 Å². The monoisotopic (exact) mass is 564 g/mol. The lowest BCUT2D eigenvalue weighted by molar-refractivity contribution is -0.143. The number of hydrogen-bond donors (Lipinski definition) is 1. The molecule has 2 aromatic carbocycles. The average Bonchev–Trinajstić information content (AvgIpc) is 3.41. The molecule has 2 amide bonds. The number of fused-ring (bicyclic) bond motifs is 2. The van der Waals surface area contributed by atoms with E-state index in [4.69, 9.17) is 0 Å². The topological polar surface area (TPSA) is 110 Å². The van der Waals surface area contributed by atoms with E-state index >= 15 is 0 Å². The highest BCUT2D eigenvalue weighted by Gasteiger charge is 2.58. The van der Waals surface area contributed by atoms with E-state index in [1.165, 1.54) is 6.92 Å². The number of ketones is 1. The largest absolute Gasteiger partial charge is 0.350 e. The maximum Gasteiger partial charge on any atom is 0.245 e. The first-order valence-corrected chi connectivity index (χ1v) is 14.5. The van der Waals surface area contributed by atoms with Gasteiger partial charge in [0.2, 0.25) is 11.8 Å². The SMILES string of the molecule is CC(=O)c1nn(CC(=O)N2[C@H](C(=O)NCc3cccc(C)c3)C[C@@]3(C)CC[C@@H]23)c2c(C)cc(-c3cnc(C)nc3)cc12. The Morgan fingerprint density at radius 1 is 1.05 bits per heavy atom. The summed E-state index contributed by atoms with van der Waals surface area (Å²) in [4.78, 5) is 50.6. The van der Waals surface area contributed by atoms with Gasteiger partial charge in [-0.15, -0.1) is 0 Å². The molecule has 1 saturated heterocycles. The Balaban J connectivity index is 1.29. The van der Waals surface area contributed by atoms with Crippen LogP contribution in [0.5, 0.6) is 0 Å². The number of hydrogen-bond acceptors (Lipinski definition) is 6. The lowest BCUT2D eigenvalue weighted by Gasteiger charge is -2.44. The molecular formula is C33H36N6O3. The molecule has 3 atom stereocenters. The lowest BCUT2D eigenvalue weighted by atomic mass is 9.66. The maximum atomic E-state index is 14.0. The molecule has 6 rings (SSSR count). The molecule has 0 radical (unpaired) electrons. The number of aromatic nitrogens is 4. The van der Waals surface area contributed by atoms with Gasteiger partial charge in [0.25, 0.3) is 0 Å². The quantitative estimate of drug-likeness (QED) is 0.326. The number of carbonyl (C=O) groups is 3. The van der Waals surface area contributed by atoms with Gasteiger partial charge < -0.3 is 10.2 Å². The summed E-state index contributed by atoms with van der Waals surface area (Å²) < 4.78 is 1.63. The minimum atomic E-state index is -0.539. The molecule has 216 valence electrons. The zero-order valence-corrected chi connectivity index (χ0v) is 24.8. The number of Topliss-reactive ketones (excluding diaryl/α,β-unsaturated/α-hetero) is 1. The van der Waals surface area contributed by atoms with Crippen LogP contribution in [0, 0.1) is 26.2 Å². The zero-order valence-electron chi connectivity index (χ0n) is 24.8. The minimum absolute atomic E-state index is 0.0167. The summed E-state index contributed by atoms with van der Waals surface area (Å²) >= 11 is 0. The summed E-state index contributed by atoms with van der Waals surface area (Å²) in [6, 6.07) is 11.4. The van der Waals surface area contributed by atoms with Crippen molar-refractivity contribution < 1.29 is 14.4 Å². The van der Waals surface area contributed by atoms with Crippen LogP contribution in [0.4, 0.5) is 0 Å². The molecule has 0 spiro atoms. The smallest absolute Gasteiger partial charge is 0.245 e. The number of rotatable bonds is 7. The van der Waals surface area contributed by atoms with Gasteiger partial charge in [0.05, 0.1) is 5.52 Å². The number of likely N-dealkylation sites (tertiary alicyclic amines) is 1. The average molecular weight is 565 g/mol. The fourth-order valence-corrected chi connectivity index (χ4v) is 6.75. The van der Waals surface area contributed by atoms with Crippen molar-refractivity contribution in [1.82, 2.24) is 30.0 Å². The summed E-state index contributed by atoms with van der Waals surface area (Å²) in [5.41, 5.74) is 5.75. The van der Waals surface area contributed by atoms with Crippen molar-refractivity contribution in [2.24, 2.45) is 5.41 Å². The predicted molar refractivity (Wildman–Crippen MR) is 160 cm³/mol. The fourth-order valence-electron chi connectivity index (χ4n) is 6.75. The molecule has 9 nitrogen and oxygen atoms in total. The standard InChI is InChI=1S/C33H36N6O3/c1-19-7-6-8-23(11-19)15-36-32(42)27-14-33(5)10-9-28(33)39(27)29(41)18-38-31-20(2)12-24(25-16-34-22(4)35-17-25)13-26(31)30(37-38)21(3)40/h6-8,11-13,16-17,27-28H,9-10,14-15,18H2,1-5H3,(H,36,42)/t27-,28+,33+/m0/s1. The summed E-state index contributed by atoms with van der Waals surface area (Å²) in [6.07, 6.45) is 6.04. The van der Waals surface area contributed by atoms with Gasteiger partial charge in [0, 0.05) is 42.9 Å². The summed E-state index contributed by atoms with van der Waals surface area (Å²) in [5, 5.41) is 8.40. The second-order valence-electron chi connectivity index (χ2n) is 12.2. The van der Waals surface area contributed by atoms with Gasteiger partial charge in [-0.3, -0.25) is 19.1 Å². The second kappa shape index (κ2) is 10.5. The van der Waals surface area contributed by atoms with E-state index in [9.17, 15) is 14.4 Å². The number of amides is 2. The van der Waals surface area contributed by atoms with E-state index in [2.05, 4.69) is 33.4 Å². The molecule has 1 N–H and O–H groups in total. The first kappa shape index (κ1) is 27.8. The predicted octanol–water partition coefficient (Wildman–Crippen LogP) is 4.71. The van der Waals surface area contributed by atoms with Gasteiger partial charge in [-0.05, 0) is 74.3 Å². The van der Waals surface area contributed by atoms with Crippen molar-refractivity contribution in [2.45, 2.75) is 79.1 Å². The highest BCUT2D eigenvalue weighted by molar-refractivity contribution is 6.07. The Kier molecular flexibility index (Phi) is 6.91. The molecule has 1 aliphatic heterocycles.